The predicted molar refractivity (Wildman–Crippen MR) is 120 cm³/mol. The highest BCUT2D eigenvalue weighted by molar-refractivity contribution is 5.79. The van der Waals surface area contributed by atoms with Crippen LogP contribution in [0.1, 0.15) is 50.5 Å². The van der Waals surface area contributed by atoms with Gasteiger partial charge in [0, 0.05) is 45.8 Å². The normalized spacial score (nSPS) is 21.5. The summed E-state index contributed by atoms with van der Waals surface area (Å²) < 4.78 is 17.1. The van der Waals surface area contributed by atoms with Crippen molar-refractivity contribution in [2.24, 2.45) is 10.9 Å². The predicted octanol–water partition coefficient (Wildman–Crippen LogP) is 3.59. The molecule has 4 rings (SSSR count). The SMILES string of the molecule is CN=C(NCC1(c2ccc3c(c2)OCCO3)CCCC1)N(C)CCC1CCOCC1. The van der Waals surface area contributed by atoms with Crippen LogP contribution >= 0.6 is 0 Å². The van der Waals surface area contributed by atoms with Gasteiger partial charge in [-0.1, -0.05) is 18.9 Å². The lowest BCUT2D eigenvalue weighted by atomic mass is 9.78. The molecule has 0 atom stereocenters. The molecule has 0 radical (unpaired) electrons. The molecule has 1 saturated heterocycles. The minimum absolute atomic E-state index is 0.132. The smallest absolute Gasteiger partial charge is 0.193 e. The molecule has 1 aliphatic carbocycles. The van der Waals surface area contributed by atoms with E-state index >= 15 is 0 Å². The summed E-state index contributed by atoms with van der Waals surface area (Å²) in [5, 5.41) is 3.70. The third-order valence-corrected chi connectivity index (χ3v) is 7.09. The van der Waals surface area contributed by atoms with Crippen LogP contribution in [-0.2, 0) is 10.2 Å². The van der Waals surface area contributed by atoms with Crippen molar-refractivity contribution in [2.75, 3.05) is 53.6 Å². The van der Waals surface area contributed by atoms with Crippen LogP contribution in [-0.4, -0.2) is 64.5 Å². The molecule has 166 valence electrons. The number of fused-ring (bicyclic) bond motifs is 1. The third-order valence-electron chi connectivity index (χ3n) is 7.09. The molecular formula is C24H37N3O3. The van der Waals surface area contributed by atoms with Crippen LogP contribution in [0.15, 0.2) is 23.2 Å². The highest BCUT2D eigenvalue weighted by atomic mass is 16.6. The van der Waals surface area contributed by atoms with Crippen LogP contribution in [0, 0.1) is 5.92 Å². The number of nitrogens with one attached hydrogen (secondary N) is 1. The van der Waals surface area contributed by atoms with E-state index in [-0.39, 0.29) is 5.41 Å². The van der Waals surface area contributed by atoms with Crippen LogP contribution < -0.4 is 14.8 Å². The summed E-state index contributed by atoms with van der Waals surface area (Å²) in [6, 6.07) is 6.52. The summed E-state index contributed by atoms with van der Waals surface area (Å²) in [7, 11) is 4.04. The Morgan fingerprint density at radius 1 is 1.10 bits per heavy atom. The minimum Gasteiger partial charge on any atom is -0.486 e. The number of hydrogen-bond donors (Lipinski definition) is 1. The van der Waals surface area contributed by atoms with Gasteiger partial charge in [0.15, 0.2) is 17.5 Å². The Hall–Kier alpha value is -1.95. The molecular weight excluding hydrogens is 378 g/mol. The van der Waals surface area contributed by atoms with Crippen LogP contribution in [0.3, 0.4) is 0 Å². The fourth-order valence-electron chi connectivity index (χ4n) is 5.14. The second kappa shape index (κ2) is 9.90. The Bertz CT molecular complexity index is 724. The van der Waals surface area contributed by atoms with E-state index < -0.39 is 0 Å². The van der Waals surface area contributed by atoms with Crippen molar-refractivity contribution in [2.45, 2.75) is 50.4 Å². The molecule has 1 aromatic rings. The molecule has 6 nitrogen and oxygen atoms in total. The summed E-state index contributed by atoms with van der Waals surface area (Å²) in [6.07, 6.45) is 8.52. The first-order valence-electron chi connectivity index (χ1n) is 11.6. The monoisotopic (exact) mass is 415 g/mol. The maximum atomic E-state index is 5.86. The maximum Gasteiger partial charge on any atom is 0.193 e. The first kappa shape index (κ1) is 21.3. The van der Waals surface area contributed by atoms with E-state index in [4.69, 9.17) is 14.2 Å². The molecule has 1 N–H and O–H groups in total. The summed E-state index contributed by atoms with van der Waals surface area (Å²) in [5.74, 6) is 3.53. The van der Waals surface area contributed by atoms with Crippen LogP contribution in [0.2, 0.25) is 0 Å². The van der Waals surface area contributed by atoms with Crippen molar-refractivity contribution >= 4 is 5.96 Å². The maximum absolute atomic E-state index is 5.86. The van der Waals surface area contributed by atoms with Gasteiger partial charge in [-0.15, -0.1) is 0 Å². The van der Waals surface area contributed by atoms with E-state index in [1.165, 1.54) is 50.5 Å². The average Bonchev–Trinajstić information content (AvgIpc) is 3.28. The molecule has 6 heteroatoms. The minimum atomic E-state index is 0.132. The zero-order chi connectivity index (χ0) is 20.8. The summed E-state index contributed by atoms with van der Waals surface area (Å²) in [6.45, 7) is 5.03. The molecule has 1 saturated carbocycles. The van der Waals surface area contributed by atoms with Crippen molar-refractivity contribution in [3.8, 4) is 11.5 Å². The number of ether oxygens (including phenoxy) is 3. The van der Waals surface area contributed by atoms with Gasteiger partial charge < -0.3 is 24.4 Å². The first-order chi connectivity index (χ1) is 14.7. The summed E-state index contributed by atoms with van der Waals surface area (Å²) in [5.41, 5.74) is 1.49. The number of benzene rings is 1. The molecule has 3 aliphatic rings. The Balaban J connectivity index is 1.38. The lowest BCUT2D eigenvalue weighted by molar-refractivity contribution is 0.0625. The van der Waals surface area contributed by atoms with E-state index in [1.807, 2.05) is 7.05 Å². The second-order valence-corrected chi connectivity index (χ2v) is 9.01. The van der Waals surface area contributed by atoms with Gasteiger partial charge in [-0.05, 0) is 55.7 Å². The third kappa shape index (κ3) is 4.85. The Morgan fingerprint density at radius 2 is 1.83 bits per heavy atom. The van der Waals surface area contributed by atoms with Gasteiger partial charge in [0.25, 0.3) is 0 Å². The van der Waals surface area contributed by atoms with Gasteiger partial charge >= 0.3 is 0 Å². The molecule has 2 heterocycles. The van der Waals surface area contributed by atoms with Crippen molar-refractivity contribution in [1.29, 1.82) is 0 Å². The number of nitrogens with zero attached hydrogens (tertiary/aromatic N) is 2. The quantitative estimate of drug-likeness (QED) is 0.568. The Kier molecular flexibility index (Phi) is 7.03. The summed E-state index contributed by atoms with van der Waals surface area (Å²) in [4.78, 5) is 6.85. The molecule has 30 heavy (non-hydrogen) atoms. The molecule has 1 aromatic carbocycles. The Morgan fingerprint density at radius 3 is 2.57 bits per heavy atom. The topological polar surface area (TPSA) is 55.3 Å². The van der Waals surface area contributed by atoms with Gasteiger partial charge in [0.1, 0.15) is 13.2 Å². The largest absolute Gasteiger partial charge is 0.486 e. The summed E-state index contributed by atoms with van der Waals surface area (Å²) >= 11 is 0. The molecule has 2 aliphatic heterocycles. The van der Waals surface area contributed by atoms with E-state index in [2.05, 4.69) is 40.5 Å². The zero-order valence-electron chi connectivity index (χ0n) is 18.6. The van der Waals surface area contributed by atoms with Gasteiger partial charge in [-0.25, -0.2) is 0 Å². The standard InChI is InChI=1S/C24H37N3O3/c1-25-23(27(2)12-7-19-8-13-28-14-9-19)26-18-24(10-3-4-11-24)20-5-6-21-22(17-20)30-16-15-29-21/h5-6,17,19H,3-4,7-16,18H2,1-2H3,(H,25,26). The molecule has 0 amide bonds. The average molecular weight is 416 g/mol. The van der Waals surface area contributed by atoms with Crippen LogP contribution in [0.5, 0.6) is 11.5 Å². The van der Waals surface area contributed by atoms with Crippen molar-refractivity contribution < 1.29 is 14.2 Å². The highest BCUT2D eigenvalue weighted by Gasteiger charge is 2.36. The van der Waals surface area contributed by atoms with Crippen molar-refractivity contribution in [3.63, 3.8) is 0 Å². The first-order valence-corrected chi connectivity index (χ1v) is 11.6. The van der Waals surface area contributed by atoms with E-state index in [0.29, 0.717) is 13.2 Å². The van der Waals surface area contributed by atoms with Crippen molar-refractivity contribution in [1.82, 2.24) is 10.2 Å². The molecule has 0 bridgehead atoms. The number of hydrogen-bond acceptors (Lipinski definition) is 4. The van der Waals surface area contributed by atoms with E-state index in [9.17, 15) is 0 Å². The highest BCUT2D eigenvalue weighted by Crippen LogP contribution is 2.43. The lowest BCUT2D eigenvalue weighted by Gasteiger charge is -2.33. The number of guanidine groups is 1. The lowest BCUT2D eigenvalue weighted by Crippen LogP contribution is -2.46. The fraction of sp³-hybridized carbons (Fsp3) is 0.708. The van der Waals surface area contributed by atoms with Gasteiger partial charge in [-0.2, -0.15) is 0 Å². The second-order valence-electron chi connectivity index (χ2n) is 9.01. The Labute approximate surface area is 181 Å². The van der Waals surface area contributed by atoms with Gasteiger partial charge in [0.2, 0.25) is 0 Å². The van der Waals surface area contributed by atoms with Gasteiger partial charge in [-0.3, -0.25) is 4.99 Å². The molecule has 2 fully saturated rings. The van der Waals surface area contributed by atoms with Gasteiger partial charge in [0.05, 0.1) is 0 Å². The van der Waals surface area contributed by atoms with Crippen LogP contribution in [0.4, 0.5) is 0 Å². The number of rotatable bonds is 6. The molecule has 0 unspecified atom stereocenters. The molecule has 0 aromatic heterocycles. The zero-order valence-corrected chi connectivity index (χ0v) is 18.6. The van der Waals surface area contributed by atoms with E-state index in [1.54, 1.807) is 0 Å². The molecule has 0 spiro atoms. The fourth-order valence-corrected chi connectivity index (χ4v) is 5.14. The van der Waals surface area contributed by atoms with E-state index in [0.717, 1.165) is 49.7 Å². The van der Waals surface area contributed by atoms with Crippen molar-refractivity contribution in [3.05, 3.63) is 23.8 Å². The van der Waals surface area contributed by atoms with Crippen LogP contribution in [0.25, 0.3) is 0 Å². The number of aliphatic imine (C=N–C) groups is 1.